The van der Waals surface area contributed by atoms with E-state index in [1.165, 1.54) is 137 Å². The van der Waals surface area contributed by atoms with Crippen LogP contribution in [0.1, 0.15) is 79.0 Å². The van der Waals surface area contributed by atoms with E-state index in [1.54, 1.807) is 0 Å². The van der Waals surface area contributed by atoms with E-state index in [2.05, 4.69) is 246 Å². The van der Waals surface area contributed by atoms with Gasteiger partial charge in [-0.05, 0) is 135 Å². The molecule has 0 N–H and O–H groups in total. The molecule has 0 aliphatic heterocycles. The molecular formula is C68H55N3O. The molecule has 0 unspecified atom stereocenters. The van der Waals surface area contributed by atoms with Gasteiger partial charge < -0.3 is 13.4 Å². The van der Waals surface area contributed by atoms with Crippen molar-refractivity contribution in [3.05, 3.63) is 187 Å². The van der Waals surface area contributed by atoms with Gasteiger partial charge in [-0.25, -0.2) is 0 Å². The maximum atomic E-state index is 6.89. The molecule has 0 fully saturated rings. The molecule has 0 saturated carbocycles. The first-order valence-corrected chi connectivity index (χ1v) is 25.7. The Labute approximate surface area is 418 Å². The third-order valence-electron chi connectivity index (χ3n) is 16.3. The van der Waals surface area contributed by atoms with Gasteiger partial charge in [-0.3, -0.25) is 4.40 Å². The van der Waals surface area contributed by atoms with E-state index in [1.807, 2.05) is 0 Å². The minimum absolute atomic E-state index is 0.0699. The summed E-state index contributed by atoms with van der Waals surface area (Å²) in [5.74, 6) is 0. The lowest BCUT2D eigenvalue weighted by Crippen LogP contribution is -2.11. The zero-order valence-corrected chi connectivity index (χ0v) is 42.4. The van der Waals surface area contributed by atoms with Gasteiger partial charge in [-0.1, -0.05) is 147 Å². The van der Waals surface area contributed by atoms with Crippen LogP contribution in [-0.2, 0) is 16.2 Å². The fraction of sp³-hybridized carbons (Fsp3) is 0.176. The summed E-state index contributed by atoms with van der Waals surface area (Å²) < 4.78 is 14.4. The second-order valence-electron chi connectivity index (χ2n) is 23.8. The molecule has 6 heterocycles. The molecule has 0 spiro atoms. The minimum Gasteiger partial charge on any atom is -0.439 e. The fourth-order valence-corrected chi connectivity index (χ4v) is 12.6. The summed E-state index contributed by atoms with van der Waals surface area (Å²) >= 11 is 0. The van der Waals surface area contributed by atoms with Crippen molar-refractivity contribution in [3.8, 4) is 27.9 Å². The van der Waals surface area contributed by atoms with Crippen LogP contribution in [0.15, 0.2) is 174 Å². The second-order valence-corrected chi connectivity index (χ2v) is 23.8. The Morgan fingerprint density at radius 3 is 1.56 bits per heavy atom. The van der Waals surface area contributed by atoms with Crippen molar-refractivity contribution in [3.63, 3.8) is 0 Å². The Morgan fingerprint density at radius 1 is 0.333 bits per heavy atom. The van der Waals surface area contributed by atoms with Gasteiger partial charge in [0.2, 0.25) is 5.71 Å². The highest BCUT2D eigenvalue weighted by molar-refractivity contribution is 6.37. The monoisotopic (exact) mass is 929 g/mol. The molecule has 15 aromatic rings. The fourth-order valence-electron chi connectivity index (χ4n) is 12.6. The Balaban J connectivity index is 1.08. The Hall–Kier alpha value is -8.08. The van der Waals surface area contributed by atoms with Crippen LogP contribution in [0.4, 0.5) is 0 Å². The van der Waals surface area contributed by atoms with Crippen molar-refractivity contribution in [2.45, 2.75) is 78.6 Å². The van der Waals surface area contributed by atoms with Crippen LogP contribution in [0.5, 0.6) is 0 Å². The smallest absolute Gasteiger partial charge is 0.213 e. The van der Waals surface area contributed by atoms with Gasteiger partial charge >= 0.3 is 0 Å². The Bertz CT molecular complexity index is 4780. The van der Waals surface area contributed by atoms with E-state index in [0.29, 0.717) is 0 Å². The number of nitrogens with zero attached hydrogens (tertiary/aromatic N) is 3. The third-order valence-corrected chi connectivity index (χ3v) is 16.3. The molecule has 0 atom stereocenters. The molecule has 4 heteroatoms. The number of hydrogen-bond acceptors (Lipinski definition) is 1. The van der Waals surface area contributed by atoms with E-state index < -0.39 is 0 Å². The summed E-state index contributed by atoms with van der Waals surface area (Å²) in [4.78, 5) is 0. The quantitative estimate of drug-likeness (QED) is 0.173. The molecule has 0 saturated heterocycles. The van der Waals surface area contributed by atoms with Gasteiger partial charge in [-0.15, -0.1) is 0 Å². The molecule has 0 aliphatic rings. The maximum absolute atomic E-state index is 6.89. The molecule has 0 bridgehead atoms. The largest absolute Gasteiger partial charge is 0.439 e. The highest BCUT2D eigenvalue weighted by Crippen LogP contribution is 2.52. The standard InChI is InChI=1S/C68H55N3O/c1-66(2,3)41-32-47(40-26-27-55-48(31-40)45-22-13-15-24-54(45)69(55)44-21-17-20-39(30-44)38-18-11-10-12-19-38)62-49(33-41)50-34-42(67(4,5)6)36-52-60-56(70(62)63(50)52)28-29-57-61(60)53-37-43(68(7,8)9)35-51-59-46-23-14-16-25-58(46)72-65(59)71(57)64(51)53/h10-37H,1-9H3. The van der Waals surface area contributed by atoms with Crippen molar-refractivity contribution in [2.75, 3.05) is 0 Å². The average molecular weight is 930 g/mol. The van der Waals surface area contributed by atoms with Crippen molar-refractivity contribution >= 4 is 109 Å². The molecular weight excluding hydrogens is 875 g/mol. The van der Waals surface area contributed by atoms with Crippen LogP contribution in [0.25, 0.3) is 137 Å². The zero-order valence-electron chi connectivity index (χ0n) is 42.4. The molecule has 9 aromatic carbocycles. The molecule has 0 radical (unpaired) electrons. The highest BCUT2D eigenvalue weighted by Gasteiger charge is 2.31. The molecule has 348 valence electrons. The van der Waals surface area contributed by atoms with E-state index in [9.17, 15) is 0 Å². The van der Waals surface area contributed by atoms with Gasteiger partial charge in [0.1, 0.15) is 5.58 Å². The van der Waals surface area contributed by atoms with Crippen LogP contribution < -0.4 is 0 Å². The summed E-state index contributed by atoms with van der Waals surface area (Å²) in [5.41, 5.74) is 20.3. The zero-order chi connectivity index (χ0) is 48.9. The molecule has 15 rings (SSSR count). The average Bonchev–Trinajstić information content (AvgIpc) is 4.20. The molecule has 6 aromatic heterocycles. The predicted molar refractivity (Wildman–Crippen MR) is 307 cm³/mol. The van der Waals surface area contributed by atoms with Crippen molar-refractivity contribution in [1.29, 1.82) is 0 Å². The first-order valence-electron chi connectivity index (χ1n) is 25.7. The van der Waals surface area contributed by atoms with Crippen LogP contribution in [0.2, 0.25) is 0 Å². The highest BCUT2D eigenvalue weighted by atomic mass is 16.3. The molecule has 72 heavy (non-hydrogen) atoms. The summed E-state index contributed by atoms with van der Waals surface area (Å²) in [6.07, 6.45) is 0. The van der Waals surface area contributed by atoms with E-state index in [-0.39, 0.29) is 16.2 Å². The van der Waals surface area contributed by atoms with Gasteiger partial charge in [0, 0.05) is 65.1 Å². The van der Waals surface area contributed by atoms with Gasteiger partial charge in [-0.2, -0.15) is 0 Å². The number of fused-ring (bicyclic) bond motifs is 18. The lowest BCUT2D eigenvalue weighted by atomic mass is 9.82. The number of hydrogen-bond donors (Lipinski definition) is 0. The molecule has 0 amide bonds. The number of rotatable bonds is 3. The number of aromatic nitrogens is 3. The van der Waals surface area contributed by atoms with Crippen LogP contribution >= 0.6 is 0 Å². The summed E-state index contributed by atoms with van der Waals surface area (Å²) in [7, 11) is 0. The number of para-hydroxylation sites is 2. The topological polar surface area (TPSA) is 26.9 Å². The second kappa shape index (κ2) is 13.9. The SMILES string of the molecule is CC(C)(C)c1cc(-c2ccc3c(c2)c2ccccc2n3-c2cccc(-c3ccccc3)c2)c2c(c1)c1cc(C(C)(C)C)cc3c4c5c6cc(C(C)(C)C)cc7c8c9ccccc9oc8n(c5ccc4n2c13)c67. The van der Waals surface area contributed by atoms with Crippen LogP contribution in [-0.4, -0.2) is 13.4 Å². The minimum atomic E-state index is -0.0898. The third kappa shape index (κ3) is 5.53. The first-order chi connectivity index (χ1) is 34.6. The lowest BCUT2D eigenvalue weighted by molar-refractivity contribution is 0.591. The van der Waals surface area contributed by atoms with Crippen LogP contribution in [0, 0.1) is 0 Å². The van der Waals surface area contributed by atoms with Gasteiger partial charge in [0.15, 0.2) is 0 Å². The van der Waals surface area contributed by atoms with Crippen molar-refractivity contribution in [2.24, 2.45) is 0 Å². The Morgan fingerprint density at radius 2 is 0.861 bits per heavy atom. The van der Waals surface area contributed by atoms with Gasteiger partial charge in [0.05, 0.1) is 44.0 Å². The Kier molecular flexibility index (Phi) is 8.02. The van der Waals surface area contributed by atoms with Crippen molar-refractivity contribution < 1.29 is 4.42 Å². The molecule has 4 nitrogen and oxygen atoms in total. The van der Waals surface area contributed by atoms with E-state index in [0.717, 1.165) is 17.0 Å². The lowest BCUT2D eigenvalue weighted by Gasteiger charge is -2.22. The van der Waals surface area contributed by atoms with E-state index >= 15 is 0 Å². The maximum Gasteiger partial charge on any atom is 0.213 e. The van der Waals surface area contributed by atoms with Crippen LogP contribution in [0.3, 0.4) is 0 Å². The van der Waals surface area contributed by atoms with E-state index in [4.69, 9.17) is 4.42 Å². The summed E-state index contributed by atoms with van der Waals surface area (Å²) in [6, 6.07) is 64.1. The van der Waals surface area contributed by atoms with Gasteiger partial charge in [0.25, 0.3) is 0 Å². The predicted octanol–water partition coefficient (Wildman–Crippen LogP) is 19.1. The number of furan rings is 1. The summed E-state index contributed by atoms with van der Waals surface area (Å²) in [5, 5.41) is 13.9. The summed E-state index contributed by atoms with van der Waals surface area (Å²) in [6.45, 7) is 21.2. The van der Waals surface area contributed by atoms with Crippen molar-refractivity contribution in [1.82, 2.24) is 13.4 Å². The normalized spacial score (nSPS) is 13.3. The number of benzene rings is 9. The molecule has 0 aliphatic carbocycles. The first kappa shape index (κ1) is 41.7.